The number of amides is 3. The molecular formula is C24H24BrN3O4. The van der Waals surface area contributed by atoms with Gasteiger partial charge in [0.1, 0.15) is 5.75 Å². The lowest BCUT2D eigenvalue weighted by atomic mass is 10.1. The fourth-order valence-electron chi connectivity index (χ4n) is 3.74. The number of hydrogen-bond donors (Lipinski definition) is 2. The molecule has 7 nitrogen and oxygen atoms in total. The molecule has 1 aliphatic heterocycles. The monoisotopic (exact) mass is 497 g/mol. The highest BCUT2D eigenvalue weighted by atomic mass is 79.9. The first-order valence-corrected chi connectivity index (χ1v) is 11.2. The van der Waals surface area contributed by atoms with E-state index in [0.29, 0.717) is 34.3 Å². The molecular weight excluding hydrogens is 474 g/mol. The van der Waals surface area contributed by atoms with Crippen molar-refractivity contribution in [2.24, 2.45) is 5.92 Å². The zero-order valence-corrected chi connectivity index (χ0v) is 19.5. The molecule has 2 aromatic rings. The van der Waals surface area contributed by atoms with Crippen LogP contribution in [0.2, 0.25) is 0 Å². The number of methoxy groups -OCH3 is 1. The summed E-state index contributed by atoms with van der Waals surface area (Å²) in [5, 5.41) is 0. The Morgan fingerprint density at radius 3 is 2.53 bits per heavy atom. The number of ether oxygens (including phenoxy) is 1. The van der Waals surface area contributed by atoms with Gasteiger partial charge in [-0.1, -0.05) is 18.2 Å². The van der Waals surface area contributed by atoms with Gasteiger partial charge in [0.2, 0.25) is 5.91 Å². The number of hydrogen-bond acceptors (Lipinski definition) is 4. The Bertz CT molecular complexity index is 1120. The van der Waals surface area contributed by atoms with Crippen molar-refractivity contribution in [3.05, 3.63) is 64.7 Å². The number of para-hydroxylation sites is 1. The Labute approximate surface area is 194 Å². The van der Waals surface area contributed by atoms with Gasteiger partial charge >= 0.3 is 0 Å². The van der Waals surface area contributed by atoms with Crippen LogP contribution < -0.4 is 20.5 Å². The number of rotatable bonds is 4. The molecule has 32 heavy (non-hydrogen) atoms. The number of hydrazine groups is 1. The summed E-state index contributed by atoms with van der Waals surface area (Å²) in [5.74, 6) is -0.0173. The minimum atomic E-state index is -0.393. The summed E-state index contributed by atoms with van der Waals surface area (Å²) in [6.07, 6.45) is 2.02. The van der Waals surface area contributed by atoms with Crippen LogP contribution in [0.15, 0.2) is 48.0 Å². The summed E-state index contributed by atoms with van der Waals surface area (Å²) in [6, 6.07) is 12.8. The second kappa shape index (κ2) is 9.16. The third-order valence-corrected chi connectivity index (χ3v) is 6.60. The number of nitrogens with one attached hydrogen (secondary N) is 2. The molecule has 4 rings (SSSR count). The number of aryl methyl sites for hydroxylation is 1. The SMILES string of the molecule is COc1ccc(C(=O)N2CCC(C(=O)NNC(=O)C3CC3)=C(Br)c3ccccc32)cc1C. The third-order valence-electron chi connectivity index (χ3n) is 5.69. The number of benzene rings is 2. The summed E-state index contributed by atoms with van der Waals surface area (Å²) in [6.45, 7) is 2.21. The second-order valence-electron chi connectivity index (χ2n) is 7.92. The highest BCUT2D eigenvalue weighted by Crippen LogP contribution is 2.38. The Morgan fingerprint density at radius 1 is 1.09 bits per heavy atom. The molecule has 3 amide bonds. The predicted octanol–water partition coefficient (Wildman–Crippen LogP) is 3.72. The molecule has 166 valence electrons. The summed E-state index contributed by atoms with van der Waals surface area (Å²) in [7, 11) is 1.59. The van der Waals surface area contributed by atoms with Gasteiger partial charge in [0.25, 0.3) is 11.8 Å². The molecule has 2 aromatic carbocycles. The van der Waals surface area contributed by atoms with E-state index in [1.54, 1.807) is 30.2 Å². The average Bonchev–Trinajstić information content (AvgIpc) is 3.65. The lowest BCUT2D eigenvalue weighted by Crippen LogP contribution is -2.43. The molecule has 1 heterocycles. The summed E-state index contributed by atoms with van der Waals surface area (Å²) < 4.78 is 5.91. The van der Waals surface area contributed by atoms with Gasteiger partial charge in [0.05, 0.1) is 12.8 Å². The fraction of sp³-hybridized carbons (Fsp3) is 0.292. The number of halogens is 1. The van der Waals surface area contributed by atoms with Crippen molar-refractivity contribution in [1.29, 1.82) is 0 Å². The lowest BCUT2D eigenvalue weighted by Gasteiger charge is -2.23. The molecule has 1 saturated carbocycles. The van der Waals surface area contributed by atoms with E-state index in [9.17, 15) is 14.4 Å². The number of nitrogens with zero attached hydrogens (tertiary/aromatic N) is 1. The van der Waals surface area contributed by atoms with E-state index in [1.165, 1.54) is 0 Å². The van der Waals surface area contributed by atoms with Crippen molar-refractivity contribution in [3.8, 4) is 5.75 Å². The van der Waals surface area contributed by atoms with Crippen LogP contribution in [0, 0.1) is 12.8 Å². The first-order valence-electron chi connectivity index (χ1n) is 10.5. The van der Waals surface area contributed by atoms with Gasteiger partial charge in [-0.3, -0.25) is 25.2 Å². The molecule has 2 aliphatic rings. The lowest BCUT2D eigenvalue weighted by molar-refractivity contribution is -0.128. The first-order chi connectivity index (χ1) is 15.4. The topological polar surface area (TPSA) is 87.7 Å². The van der Waals surface area contributed by atoms with Crippen LogP contribution >= 0.6 is 15.9 Å². The maximum atomic E-state index is 13.4. The zero-order valence-electron chi connectivity index (χ0n) is 17.9. The van der Waals surface area contributed by atoms with Gasteiger partial charge in [0.15, 0.2) is 0 Å². The Hall–Kier alpha value is -3.13. The van der Waals surface area contributed by atoms with Gasteiger partial charge in [-0.2, -0.15) is 0 Å². The van der Waals surface area contributed by atoms with E-state index in [2.05, 4.69) is 26.8 Å². The molecule has 0 spiro atoms. The predicted molar refractivity (Wildman–Crippen MR) is 125 cm³/mol. The molecule has 0 saturated heterocycles. The quantitative estimate of drug-likeness (QED) is 0.630. The van der Waals surface area contributed by atoms with Crippen LogP contribution in [0.4, 0.5) is 5.69 Å². The smallest absolute Gasteiger partial charge is 0.266 e. The largest absolute Gasteiger partial charge is 0.496 e. The van der Waals surface area contributed by atoms with Crippen molar-refractivity contribution in [2.75, 3.05) is 18.6 Å². The van der Waals surface area contributed by atoms with Crippen LogP contribution in [0.25, 0.3) is 4.48 Å². The highest BCUT2D eigenvalue weighted by Gasteiger charge is 2.31. The van der Waals surface area contributed by atoms with Gasteiger partial charge in [0, 0.05) is 33.6 Å². The Kier molecular flexibility index (Phi) is 6.32. The Morgan fingerprint density at radius 2 is 1.84 bits per heavy atom. The van der Waals surface area contributed by atoms with Crippen molar-refractivity contribution < 1.29 is 19.1 Å². The molecule has 1 fully saturated rings. The van der Waals surface area contributed by atoms with Gasteiger partial charge in [-0.15, -0.1) is 0 Å². The molecule has 0 atom stereocenters. The zero-order chi connectivity index (χ0) is 22.8. The summed E-state index contributed by atoms with van der Waals surface area (Å²) in [4.78, 5) is 39.9. The normalized spacial score (nSPS) is 15.5. The number of fused-ring (bicyclic) bond motifs is 1. The van der Waals surface area contributed by atoms with Crippen molar-refractivity contribution >= 4 is 43.8 Å². The highest BCUT2D eigenvalue weighted by molar-refractivity contribution is 9.15. The minimum Gasteiger partial charge on any atom is -0.496 e. The van der Waals surface area contributed by atoms with Crippen molar-refractivity contribution in [3.63, 3.8) is 0 Å². The number of anilines is 1. The van der Waals surface area contributed by atoms with E-state index in [1.807, 2.05) is 31.2 Å². The van der Waals surface area contributed by atoms with Gasteiger partial charge in [-0.25, -0.2) is 0 Å². The van der Waals surface area contributed by atoms with E-state index in [4.69, 9.17) is 4.74 Å². The molecule has 0 radical (unpaired) electrons. The molecule has 2 N–H and O–H groups in total. The van der Waals surface area contributed by atoms with E-state index in [-0.39, 0.29) is 17.7 Å². The fourth-order valence-corrected chi connectivity index (χ4v) is 4.46. The maximum absolute atomic E-state index is 13.4. The van der Waals surface area contributed by atoms with Gasteiger partial charge < -0.3 is 9.64 Å². The Balaban J connectivity index is 1.60. The summed E-state index contributed by atoms with van der Waals surface area (Å²) in [5.41, 5.74) is 8.34. The first kappa shape index (κ1) is 22.1. The van der Waals surface area contributed by atoms with Crippen molar-refractivity contribution in [2.45, 2.75) is 26.2 Å². The molecule has 0 unspecified atom stereocenters. The number of carbonyl (C=O) groups excluding carboxylic acids is 3. The van der Waals surface area contributed by atoms with Crippen molar-refractivity contribution in [1.82, 2.24) is 10.9 Å². The van der Waals surface area contributed by atoms with Crippen LogP contribution in [0.1, 0.15) is 40.7 Å². The average molecular weight is 498 g/mol. The number of carbonyl (C=O) groups is 3. The minimum absolute atomic E-state index is 0.0105. The van der Waals surface area contributed by atoms with Crippen LogP contribution in [0.5, 0.6) is 5.75 Å². The maximum Gasteiger partial charge on any atom is 0.266 e. The standard InChI is InChI=1S/C24H24BrN3O4/c1-14-13-16(9-10-20(14)32-2)24(31)28-12-11-18(21(25)17-5-3-4-6-19(17)28)23(30)27-26-22(29)15-7-8-15/h3-6,9-10,13,15H,7-8,11-12H2,1-2H3,(H,26,29)(H,27,30). The molecule has 1 aliphatic carbocycles. The summed E-state index contributed by atoms with van der Waals surface area (Å²) >= 11 is 3.57. The molecule has 0 aromatic heterocycles. The second-order valence-corrected chi connectivity index (χ2v) is 8.71. The third kappa shape index (κ3) is 4.41. The van der Waals surface area contributed by atoms with Gasteiger partial charge in [-0.05, 0) is 71.9 Å². The van der Waals surface area contributed by atoms with E-state index >= 15 is 0 Å². The molecule has 0 bridgehead atoms. The van der Waals surface area contributed by atoms with E-state index < -0.39 is 5.91 Å². The van der Waals surface area contributed by atoms with Crippen LogP contribution in [-0.4, -0.2) is 31.4 Å². The van der Waals surface area contributed by atoms with E-state index in [0.717, 1.165) is 29.7 Å². The molecule has 8 heteroatoms. The van der Waals surface area contributed by atoms with Crippen LogP contribution in [-0.2, 0) is 9.59 Å². The van der Waals surface area contributed by atoms with Crippen LogP contribution in [0.3, 0.4) is 0 Å².